The molecule has 0 saturated carbocycles. The van der Waals surface area contributed by atoms with Gasteiger partial charge in [-0.25, -0.2) is 0 Å². The molecule has 0 amide bonds. The van der Waals surface area contributed by atoms with E-state index in [2.05, 4.69) is 0 Å². The summed E-state index contributed by atoms with van der Waals surface area (Å²) in [6.07, 6.45) is -1.91. The molecular weight excluding hydrogens is 280 g/mol. The predicted molar refractivity (Wildman–Crippen MR) is 68.5 cm³/mol. The van der Waals surface area contributed by atoms with Gasteiger partial charge in [0.05, 0.1) is 26.4 Å². The Morgan fingerprint density at radius 3 is 0.895 bits per heavy atom. The van der Waals surface area contributed by atoms with E-state index in [4.69, 9.17) is 43.9 Å². The molecule has 0 aliphatic rings. The van der Waals surface area contributed by atoms with Crippen LogP contribution in [0.4, 0.5) is 0 Å². The molecule has 0 aromatic heterocycles. The van der Waals surface area contributed by atoms with Gasteiger partial charge in [0.2, 0.25) is 0 Å². The molecule has 10 heteroatoms. The zero-order valence-corrected chi connectivity index (χ0v) is 12.6. The summed E-state index contributed by atoms with van der Waals surface area (Å²) in [7, 11) is 3.05. The molecule has 0 bridgehead atoms. The monoisotopic (exact) mass is 306 g/mol. The average molecular weight is 306 g/mol. The highest BCUT2D eigenvalue weighted by molar-refractivity contribution is 6.36. The van der Waals surface area contributed by atoms with Gasteiger partial charge in [0, 0.05) is 21.3 Å². The average Bonchev–Trinajstić information content (AvgIpc) is 2.48. The first kappa shape index (κ1) is 23.9. The third-order valence-electron chi connectivity index (χ3n) is 1.42. The van der Waals surface area contributed by atoms with E-state index in [1.165, 1.54) is 0 Å². The van der Waals surface area contributed by atoms with E-state index in [0.29, 0.717) is 0 Å². The van der Waals surface area contributed by atoms with Crippen LogP contribution in [0.25, 0.3) is 0 Å². The van der Waals surface area contributed by atoms with Crippen molar-refractivity contribution in [2.75, 3.05) is 47.8 Å². The maximum atomic E-state index is 8.17. The van der Waals surface area contributed by atoms with Gasteiger partial charge in [0.1, 0.15) is 12.2 Å². The summed E-state index contributed by atoms with van der Waals surface area (Å²) < 4.78 is 14.2. The molecule has 0 aliphatic heterocycles. The summed E-state index contributed by atoms with van der Waals surface area (Å²) in [4.78, 5) is 0. The van der Waals surface area contributed by atoms with Crippen molar-refractivity contribution >= 4 is 9.53 Å². The van der Waals surface area contributed by atoms with Gasteiger partial charge in [0.25, 0.3) is 0 Å². The second-order valence-electron chi connectivity index (χ2n) is 3.03. The molecule has 0 fully saturated rings. The van der Waals surface area contributed by atoms with Crippen molar-refractivity contribution in [1.29, 1.82) is 0 Å². The zero-order chi connectivity index (χ0) is 15.7. The zero-order valence-electron chi connectivity index (χ0n) is 11.5. The molecule has 120 valence electrons. The first-order valence-corrected chi connectivity index (χ1v) is 6.76. The minimum absolute atomic E-state index is 0.365. The highest BCUT2D eigenvalue weighted by Gasteiger charge is 2.04. The van der Waals surface area contributed by atoms with E-state index in [-0.39, 0.29) is 26.4 Å². The van der Waals surface area contributed by atoms with Crippen molar-refractivity contribution in [3.05, 3.63) is 0 Å². The van der Waals surface area contributed by atoms with Gasteiger partial charge in [-0.2, -0.15) is 0 Å². The van der Waals surface area contributed by atoms with Crippen LogP contribution in [-0.4, -0.2) is 100 Å². The summed E-state index contributed by atoms with van der Waals surface area (Å²) in [6, 6.07) is 0. The Labute approximate surface area is 114 Å². The molecule has 9 nitrogen and oxygen atoms in total. The van der Waals surface area contributed by atoms with E-state index in [9.17, 15) is 0 Å². The molecule has 0 saturated heterocycles. The normalized spacial score (nSPS) is 10.1. The fourth-order valence-corrected chi connectivity index (χ4v) is 0.981. The van der Waals surface area contributed by atoms with Gasteiger partial charge < -0.3 is 43.9 Å². The lowest BCUT2D eigenvalue weighted by Crippen LogP contribution is -2.21. The van der Waals surface area contributed by atoms with Crippen LogP contribution in [0.3, 0.4) is 0 Å². The van der Waals surface area contributed by atoms with Crippen LogP contribution in [0.2, 0.25) is 0 Å². The van der Waals surface area contributed by atoms with Crippen LogP contribution >= 0.6 is 0 Å². The molecule has 0 rings (SSSR count). The van der Waals surface area contributed by atoms with Crippen LogP contribution in [0.15, 0.2) is 0 Å². The van der Waals surface area contributed by atoms with E-state index < -0.39 is 21.7 Å². The molecule has 0 heterocycles. The molecule has 0 unspecified atom stereocenters. The Hall–Kier alpha value is -0.143. The molecule has 0 aliphatic carbocycles. The minimum atomic E-state index is -1.67. The van der Waals surface area contributed by atoms with Crippen molar-refractivity contribution in [3.8, 4) is 0 Å². The third kappa shape index (κ3) is 23.4. The van der Waals surface area contributed by atoms with E-state index in [1.807, 2.05) is 0 Å². The molecular formula is C9H26O9Si. The second-order valence-corrected chi connectivity index (χ2v) is 5.03. The van der Waals surface area contributed by atoms with Gasteiger partial charge in [-0.05, 0) is 0 Å². The van der Waals surface area contributed by atoms with Crippen LogP contribution in [-0.2, 0) is 13.3 Å². The fraction of sp³-hybridized carbons (Fsp3) is 1.00. The molecule has 19 heavy (non-hydrogen) atoms. The van der Waals surface area contributed by atoms with Crippen LogP contribution in [0, 0.1) is 0 Å². The second kappa shape index (κ2) is 20.2. The summed E-state index contributed by atoms with van der Waals surface area (Å²) >= 11 is 0. The summed E-state index contributed by atoms with van der Waals surface area (Å²) in [5.41, 5.74) is 0. The molecule has 6 N–H and O–H groups in total. The smallest absolute Gasteiger partial charge is 0.394 e. The Kier molecular flexibility index (Phi) is 25.4. The SMILES string of the molecule is CO[SiH](OC)OC.OCC(O)CO.OCC(O)CO. The topological polar surface area (TPSA) is 149 Å². The number of rotatable bonds is 7. The summed E-state index contributed by atoms with van der Waals surface area (Å²) in [6.45, 7) is -1.46. The molecule has 0 aromatic rings. The van der Waals surface area contributed by atoms with Crippen LogP contribution in [0.1, 0.15) is 0 Å². The van der Waals surface area contributed by atoms with Crippen molar-refractivity contribution in [2.24, 2.45) is 0 Å². The lowest BCUT2D eigenvalue weighted by atomic mass is 10.4. The predicted octanol–water partition coefficient (Wildman–Crippen LogP) is -3.69. The number of hydrogen-bond donors (Lipinski definition) is 6. The van der Waals surface area contributed by atoms with Crippen molar-refractivity contribution in [2.45, 2.75) is 12.2 Å². The summed E-state index contributed by atoms with van der Waals surface area (Å²) in [5.74, 6) is 0. The van der Waals surface area contributed by atoms with Crippen LogP contribution < -0.4 is 0 Å². The number of aliphatic hydroxyl groups excluding tert-OH is 6. The van der Waals surface area contributed by atoms with E-state index >= 15 is 0 Å². The lowest BCUT2D eigenvalue weighted by Gasteiger charge is -2.05. The third-order valence-corrected chi connectivity index (χ3v) is 2.58. The number of aliphatic hydroxyl groups is 6. The molecule has 0 spiro atoms. The van der Waals surface area contributed by atoms with Gasteiger partial charge in [0.15, 0.2) is 0 Å². The van der Waals surface area contributed by atoms with Gasteiger partial charge in [-0.1, -0.05) is 0 Å². The van der Waals surface area contributed by atoms with Crippen molar-refractivity contribution in [3.63, 3.8) is 0 Å². The van der Waals surface area contributed by atoms with E-state index in [1.54, 1.807) is 21.3 Å². The number of hydrogen-bond acceptors (Lipinski definition) is 9. The highest BCUT2D eigenvalue weighted by atomic mass is 28.3. The molecule has 0 aromatic carbocycles. The maximum Gasteiger partial charge on any atom is 0.483 e. The standard InChI is InChI=1S/C3H10O3Si.2C3H8O3/c1-4-7(5-2)6-3;2*4-1-3(6)2-5/h7H,1-3H3;2*3-6H,1-2H2. The Bertz CT molecular complexity index is 124. The molecule has 0 radical (unpaired) electrons. The molecule has 0 atom stereocenters. The lowest BCUT2D eigenvalue weighted by molar-refractivity contribution is 0.0450. The van der Waals surface area contributed by atoms with Gasteiger partial charge >= 0.3 is 9.53 Å². The minimum Gasteiger partial charge on any atom is -0.394 e. The van der Waals surface area contributed by atoms with Crippen LogP contribution in [0.5, 0.6) is 0 Å². The quantitative estimate of drug-likeness (QED) is 0.261. The van der Waals surface area contributed by atoms with E-state index in [0.717, 1.165) is 0 Å². The Morgan fingerprint density at radius 2 is 0.895 bits per heavy atom. The van der Waals surface area contributed by atoms with Crippen molar-refractivity contribution < 1.29 is 43.9 Å². The highest BCUT2D eigenvalue weighted by Crippen LogP contribution is 1.81. The van der Waals surface area contributed by atoms with Gasteiger partial charge in [-0.3, -0.25) is 0 Å². The Balaban J connectivity index is -0.000000203. The fourth-order valence-electron chi connectivity index (χ4n) is 0.404. The Morgan fingerprint density at radius 1 is 0.684 bits per heavy atom. The first-order chi connectivity index (χ1) is 8.96. The maximum absolute atomic E-state index is 8.17. The first-order valence-electron chi connectivity index (χ1n) is 5.35. The summed E-state index contributed by atoms with van der Waals surface area (Å²) in [5, 5.41) is 48.0. The van der Waals surface area contributed by atoms with Gasteiger partial charge in [-0.15, -0.1) is 0 Å². The largest absolute Gasteiger partial charge is 0.483 e. The van der Waals surface area contributed by atoms with Crippen molar-refractivity contribution in [1.82, 2.24) is 0 Å².